The molecule has 1 aliphatic heterocycles. The molecule has 1 aromatic heterocycles. The van der Waals surface area contributed by atoms with Gasteiger partial charge in [0.05, 0.1) is 5.02 Å². The lowest BCUT2D eigenvalue weighted by molar-refractivity contribution is -0.133. The lowest BCUT2D eigenvalue weighted by Gasteiger charge is -2.34. The molecule has 1 N–H and O–H groups in total. The summed E-state index contributed by atoms with van der Waals surface area (Å²) in [5.41, 5.74) is 0.677. The molecule has 1 aliphatic rings. The quantitative estimate of drug-likeness (QED) is 0.615. The van der Waals surface area contributed by atoms with Crippen molar-refractivity contribution < 1.29 is 14.3 Å². The van der Waals surface area contributed by atoms with E-state index in [0.717, 1.165) is 32.7 Å². The lowest BCUT2D eigenvalue weighted by Crippen LogP contribution is -2.49. The number of carbonyl (C=O) groups excluding carboxylic acids is 2. The molecule has 8 heteroatoms. The van der Waals surface area contributed by atoms with Crippen LogP contribution in [0.15, 0.2) is 41.1 Å². The monoisotopic (exact) mass is 435 g/mol. The summed E-state index contributed by atoms with van der Waals surface area (Å²) in [4.78, 5) is 28.4. The third-order valence-electron chi connectivity index (χ3n) is 4.86. The third kappa shape index (κ3) is 6.73. The standard InChI is InChI=1S/C21H26ClN3O3S/c22-18-4-1-2-5-19(18)28-14-13-24-9-11-25(12-10-24)20(26)6-3-8-23-21(27)17-7-15-29-16-17/h1-2,4-5,7,15-16H,3,6,8-14H2,(H,23,27). The number of ether oxygens (including phenoxy) is 1. The first-order valence-electron chi connectivity index (χ1n) is 9.81. The number of rotatable bonds is 9. The van der Waals surface area contributed by atoms with E-state index in [-0.39, 0.29) is 11.8 Å². The number of amides is 2. The van der Waals surface area contributed by atoms with Crippen molar-refractivity contribution in [2.75, 3.05) is 45.9 Å². The van der Waals surface area contributed by atoms with E-state index in [1.54, 1.807) is 6.07 Å². The number of thiophene rings is 1. The van der Waals surface area contributed by atoms with Crippen molar-refractivity contribution in [1.82, 2.24) is 15.1 Å². The maximum atomic E-state index is 12.4. The van der Waals surface area contributed by atoms with Crippen LogP contribution in [0.3, 0.4) is 0 Å². The van der Waals surface area contributed by atoms with Crippen molar-refractivity contribution >= 4 is 34.8 Å². The van der Waals surface area contributed by atoms with E-state index in [9.17, 15) is 9.59 Å². The zero-order chi connectivity index (χ0) is 20.5. The lowest BCUT2D eigenvalue weighted by atomic mass is 10.2. The molecule has 0 unspecified atom stereocenters. The molecule has 0 spiro atoms. The zero-order valence-electron chi connectivity index (χ0n) is 16.3. The molecule has 0 radical (unpaired) electrons. The summed E-state index contributed by atoms with van der Waals surface area (Å²) in [5, 5.41) is 7.17. The van der Waals surface area contributed by atoms with Crippen LogP contribution in [0.25, 0.3) is 0 Å². The number of carbonyl (C=O) groups is 2. The van der Waals surface area contributed by atoms with Crippen LogP contribution in [0.5, 0.6) is 5.75 Å². The van der Waals surface area contributed by atoms with Gasteiger partial charge in [-0.2, -0.15) is 11.3 Å². The number of hydrogen-bond acceptors (Lipinski definition) is 5. The van der Waals surface area contributed by atoms with E-state index in [4.69, 9.17) is 16.3 Å². The average Bonchev–Trinajstić information content (AvgIpc) is 3.28. The van der Waals surface area contributed by atoms with E-state index < -0.39 is 0 Å². The highest BCUT2D eigenvalue weighted by atomic mass is 35.5. The SMILES string of the molecule is O=C(NCCCC(=O)N1CCN(CCOc2ccccc2Cl)CC1)c1ccsc1. The van der Waals surface area contributed by atoms with Crippen LogP contribution in [-0.2, 0) is 4.79 Å². The van der Waals surface area contributed by atoms with Gasteiger partial charge < -0.3 is 15.0 Å². The number of benzene rings is 1. The van der Waals surface area contributed by atoms with Gasteiger partial charge in [0.1, 0.15) is 12.4 Å². The van der Waals surface area contributed by atoms with E-state index in [1.165, 1.54) is 11.3 Å². The second kappa shape index (κ2) is 11.2. The summed E-state index contributed by atoms with van der Waals surface area (Å²) in [6.07, 6.45) is 1.11. The molecule has 29 heavy (non-hydrogen) atoms. The Hall–Kier alpha value is -2.09. The highest BCUT2D eigenvalue weighted by molar-refractivity contribution is 7.08. The summed E-state index contributed by atoms with van der Waals surface area (Å²) in [6.45, 7) is 5.03. The number of piperazine rings is 1. The van der Waals surface area contributed by atoms with Gasteiger partial charge in [-0.1, -0.05) is 23.7 Å². The number of hydrogen-bond donors (Lipinski definition) is 1. The number of nitrogens with zero attached hydrogens (tertiary/aromatic N) is 2. The predicted octanol–water partition coefficient (Wildman–Crippen LogP) is 3.13. The van der Waals surface area contributed by atoms with Gasteiger partial charge in [-0.25, -0.2) is 0 Å². The van der Waals surface area contributed by atoms with Gasteiger partial charge in [0.15, 0.2) is 0 Å². The van der Waals surface area contributed by atoms with Crippen molar-refractivity contribution in [2.24, 2.45) is 0 Å². The largest absolute Gasteiger partial charge is 0.491 e. The Morgan fingerprint density at radius 3 is 2.66 bits per heavy atom. The van der Waals surface area contributed by atoms with Gasteiger partial charge in [0.2, 0.25) is 5.91 Å². The van der Waals surface area contributed by atoms with Gasteiger partial charge in [-0.3, -0.25) is 14.5 Å². The first kappa shape index (κ1) is 21.6. The van der Waals surface area contributed by atoms with Gasteiger partial charge >= 0.3 is 0 Å². The van der Waals surface area contributed by atoms with Crippen LogP contribution in [0.2, 0.25) is 5.02 Å². The van der Waals surface area contributed by atoms with Crippen LogP contribution >= 0.6 is 22.9 Å². The molecule has 0 atom stereocenters. The molecule has 2 aromatic rings. The smallest absolute Gasteiger partial charge is 0.252 e. The Bertz CT molecular complexity index is 792. The Morgan fingerprint density at radius 1 is 1.14 bits per heavy atom. The van der Waals surface area contributed by atoms with Crippen LogP contribution < -0.4 is 10.1 Å². The summed E-state index contributed by atoms with van der Waals surface area (Å²) in [6, 6.07) is 9.25. The summed E-state index contributed by atoms with van der Waals surface area (Å²) < 4.78 is 5.74. The van der Waals surface area contributed by atoms with Gasteiger partial charge in [-0.05, 0) is 30.0 Å². The minimum Gasteiger partial charge on any atom is -0.491 e. The molecule has 2 amide bonds. The fraction of sp³-hybridized carbons (Fsp3) is 0.429. The highest BCUT2D eigenvalue weighted by Gasteiger charge is 2.20. The van der Waals surface area contributed by atoms with Gasteiger partial charge in [0, 0.05) is 56.6 Å². The molecule has 156 valence electrons. The van der Waals surface area contributed by atoms with Crippen molar-refractivity contribution in [2.45, 2.75) is 12.8 Å². The van der Waals surface area contributed by atoms with Crippen molar-refractivity contribution in [3.8, 4) is 5.75 Å². The molecular formula is C21H26ClN3O3S. The molecule has 6 nitrogen and oxygen atoms in total. The van der Waals surface area contributed by atoms with E-state index in [0.29, 0.717) is 42.3 Å². The third-order valence-corrected chi connectivity index (χ3v) is 5.86. The molecule has 1 aromatic carbocycles. The maximum Gasteiger partial charge on any atom is 0.252 e. The van der Waals surface area contributed by atoms with E-state index in [1.807, 2.05) is 39.9 Å². The molecule has 2 heterocycles. The fourth-order valence-corrected chi connectivity index (χ4v) is 3.99. The van der Waals surface area contributed by atoms with Gasteiger partial charge in [-0.15, -0.1) is 0 Å². The van der Waals surface area contributed by atoms with Crippen LogP contribution in [0, 0.1) is 0 Å². The zero-order valence-corrected chi connectivity index (χ0v) is 17.9. The first-order chi connectivity index (χ1) is 14.1. The van der Waals surface area contributed by atoms with Crippen LogP contribution in [-0.4, -0.2) is 67.5 Å². The average molecular weight is 436 g/mol. The number of halogens is 1. The van der Waals surface area contributed by atoms with Gasteiger partial charge in [0.25, 0.3) is 5.91 Å². The second-order valence-electron chi connectivity index (χ2n) is 6.87. The van der Waals surface area contributed by atoms with E-state index >= 15 is 0 Å². The minimum atomic E-state index is -0.0775. The Kier molecular flexibility index (Phi) is 8.34. The fourth-order valence-electron chi connectivity index (χ4n) is 3.16. The minimum absolute atomic E-state index is 0.0775. The molecular weight excluding hydrogens is 410 g/mol. The Labute approximate surface area is 180 Å². The molecule has 1 fully saturated rings. The molecule has 0 saturated carbocycles. The second-order valence-corrected chi connectivity index (χ2v) is 8.06. The normalized spacial score (nSPS) is 14.6. The van der Waals surface area contributed by atoms with Crippen molar-refractivity contribution in [1.29, 1.82) is 0 Å². The maximum absolute atomic E-state index is 12.4. The molecule has 1 saturated heterocycles. The Balaban J connectivity index is 1.27. The van der Waals surface area contributed by atoms with Crippen LogP contribution in [0.1, 0.15) is 23.2 Å². The van der Waals surface area contributed by atoms with Crippen LogP contribution in [0.4, 0.5) is 0 Å². The Morgan fingerprint density at radius 2 is 1.93 bits per heavy atom. The summed E-state index contributed by atoms with van der Waals surface area (Å²) in [5.74, 6) is 0.780. The molecule has 0 aliphatic carbocycles. The number of para-hydroxylation sites is 1. The highest BCUT2D eigenvalue weighted by Crippen LogP contribution is 2.22. The predicted molar refractivity (Wildman–Crippen MR) is 116 cm³/mol. The van der Waals surface area contributed by atoms with E-state index in [2.05, 4.69) is 10.2 Å². The number of nitrogens with one attached hydrogen (secondary N) is 1. The summed E-state index contributed by atoms with van der Waals surface area (Å²) in [7, 11) is 0. The summed E-state index contributed by atoms with van der Waals surface area (Å²) >= 11 is 7.59. The topological polar surface area (TPSA) is 61.9 Å². The first-order valence-corrected chi connectivity index (χ1v) is 11.1. The molecule has 3 rings (SSSR count). The van der Waals surface area contributed by atoms with Crippen molar-refractivity contribution in [3.63, 3.8) is 0 Å². The molecule has 0 bridgehead atoms. The van der Waals surface area contributed by atoms with Crippen molar-refractivity contribution in [3.05, 3.63) is 51.7 Å².